The Balaban J connectivity index is 2.88. The molecule has 3 N–H and O–H groups in total. The summed E-state index contributed by atoms with van der Waals surface area (Å²) in [5.41, 5.74) is 5.85. The summed E-state index contributed by atoms with van der Waals surface area (Å²) in [5, 5.41) is 10.1. The van der Waals surface area contributed by atoms with Crippen LogP contribution in [0.3, 0.4) is 0 Å². The van der Waals surface area contributed by atoms with E-state index < -0.39 is 0 Å². The summed E-state index contributed by atoms with van der Waals surface area (Å²) in [6.07, 6.45) is 1.58. The maximum atomic E-state index is 9.35. The molecule has 0 aliphatic heterocycles. The van der Waals surface area contributed by atoms with Crippen molar-refractivity contribution < 1.29 is 5.11 Å². The fourth-order valence-corrected chi connectivity index (χ4v) is 1.05. The quantitative estimate of drug-likeness (QED) is 0.602. The Labute approximate surface area is 68.7 Å². The van der Waals surface area contributed by atoms with E-state index in [0.717, 1.165) is 5.39 Å². The van der Waals surface area contributed by atoms with Gasteiger partial charge in [0.25, 0.3) is 0 Å². The lowest BCUT2D eigenvalue weighted by molar-refractivity contribution is 0.480. The first-order chi connectivity index (χ1) is 5.77. The fraction of sp³-hybridized carbons (Fsp3) is 0. The number of hydrogen-bond donors (Lipinski definition) is 2. The average Bonchev–Trinajstić information content (AvgIpc) is 2.07. The molecule has 0 fully saturated rings. The van der Waals surface area contributed by atoms with Crippen LogP contribution in [0.15, 0.2) is 24.4 Å². The van der Waals surface area contributed by atoms with Crippen LogP contribution in [0.25, 0.3) is 10.9 Å². The van der Waals surface area contributed by atoms with Crippen LogP contribution >= 0.6 is 0 Å². The van der Waals surface area contributed by atoms with E-state index in [9.17, 15) is 5.11 Å². The zero-order valence-corrected chi connectivity index (χ0v) is 6.23. The van der Waals surface area contributed by atoms with E-state index >= 15 is 0 Å². The van der Waals surface area contributed by atoms with Crippen molar-refractivity contribution in [2.24, 2.45) is 0 Å². The number of aromatic nitrogens is 2. The van der Waals surface area contributed by atoms with Crippen molar-refractivity contribution in [2.75, 3.05) is 5.73 Å². The highest BCUT2D eigenvalue weighted by atomic mass is 16.3. The second-order valence-electron chi connectivity index (χ2n) is 2.44. The summed E-state index contributed by atoms with van der Waals surface area (Å²) in [5.74, 6) is 0.297. The molecule has 2 rings (SSSR count). The van der Waals surface area contributed by atoms with Gasteiger partial charge in [0.15, 0.2) is 0 Å². The minimum atomic E-state index is 0.126. The second-order valence-corrected chi connectivity index (χ2v) is 2.44. The molecule has 60 valence electrons. The number of hydrogen-bond acceptors (Lipinski definition) is 4. The Morgan fingerprint density at radius 2 is 2.17 bits per heavy atom. The molecule has 0 aliphatic carbocycles. The molecule has 0 aliphatic rings. The lowest BCUT2D eigenvalue weighted by atomic mass is 10.2. The number of nitrogen functional groups attached to an aromatic ring is 1. The Kier molecular flexibility index (Phi) is 1.33. The van der Waals surface area contributed by atoms with Crippen LogP contribution in [0, 0.1) is 0 Å². The number of fused-ring (bicyclic) bond motifs is 1. The number of phenols is 1. The largest absolute Gasteiger partial charge is 0.506 e. The van der Waals surface area contributed by atoms with Gasteiger partial charge in [-0.3, -0.25) is 0 Å². The predicted octanol–water partition coefficient (Wildman–Crippen LogP) is 0.918. The van der Waals surface area contributed by atoms with Gasteiger partial charge in [0.1, 0.15) is 11.3 Å². The van der Waals surface area contributed by atoms with Gasteiger partial charge in [-0.05, 0) is 6.07 Å². The molecule has 0 amide bonds. The Bertz CT molecular complexity index is 428. The number of benzene rings is 1. The minimum Gasteiger partial charge on any atom is -0.506 e. The van der Waals surface area contributed by atoms with Gasteiger partial charge in [0.05, 0.1) is 0 Å². The Morgan fingerprint density at radius 1 is 1.33 bits per heavy atom. The normalized spacial score (nSPS) is 10.3. The number of nitrogens with zero attached hydrogens (tertiary/aromatic N) is 2. The van der Waals surface area contributed by atoms with Crippen molar-refractivity contribution in [3.05, 3.63) is 24.4 Å². The molecule has 0 bridgehead atoms. The molecule has 0 spiro atoms. The number of nitrogens with two attached hydrogens (primary N) is 1. The minimum absolute atomic E-state index is 0.126. The van der Waals surface area contributed by atoms with Crippen LogP contribution in [0.1, 0.15) is 0 Å². The van der Waals surface area contributed by atoms with E-state index in [1.54, 1.807) is 18.3 Å². The van der Waals surface area contributed by atoms with Gasteiger partial charge in [0, 0.05) is 11.6 Å². The summed E-state index contributed by atoms with van der Waals surface area (Å²) < 4.78 is 0. The van der Waals surface area contributed by atoms with E-state index in [1.165, 1.54) is 0 Å². The molecule has 0 atom stereocenters. The van der Waals surface area contributed by atoms with Crippen LogP contribution in [0.2, 0.25) is 0 Å². The van der Waals surface area contributed by atoms with Crippen molar-refractivity contribution >= 4 is 16.9 Å². The maximum absolute atomic E-state index is 9.35. The first-order valence-electron chi connectivity index (χ1n) is 3.47. The molecule has 2 aromatic rings. The van der Waals surface area contributed by atoms with Crippen LogP contribution in [-0.2, 0) is 0 Å². The zero-order chi connectivity index (χ0) is 8.55. The SMILES string of the molecule is Nc1ncc2cccc(O)c2n1. The molecule has 0 unspecified atom stereocenters. The Morgan fingerprint density at radius 3 is 3.00 bits per heavy atom. The molecule has 1 aromatic heterocycles. The number of phenolic OH excluding ortho intramolecular Hbond substituents is 1. The van der Waals surface area contributed by atoms with Crippen LogP contribution in [0.4, 0.5) is 5.95 Å². The zero-order valence-electron chi connectivity index (χ0n) is 6.23. The van der Waals surface area contributed by atoms with Crippen molar-refractivity contribution in [3.63, 3.8) is 0 Å². The molecule has 1 aromatic carbocycles. The standard InChI is InChI=1S/C8H7N3O/c9-8-10-4-5-2-1-3-6(12)7(5)11-8/h1-4,12H,(H2,9,10,11). The molecule has 12 heavy (non-hydrogen) atoms. The molecular formula is C8H7N3O. The lowest BCUT2D eigenvalue weighted by Gasteiger charge is -1.98. The van der Waals surface area contributed by atoms with Gasteiger partial charge in [-0.25, -0.2) is 9.97 Å². The number of aromatic hydroxyl groups is 1. The van der Waals surface area contributed by atoms with Crippen molar-refractivity contribution in [1.29, 1.82) is 0 Å². The van der Waals surface area contributed by atoms with E-state index in [2.05, 4.69) is 9.97 Å². The fourth-order valence-electron chi connectivity index (χ4n) is 1.05. The topological polar surface area (TPSA) is 72.0 Å². The first-order valence-corrected chi connectivity index (χ1v) is 3.47. The molecule has 0 saturated heterocycles. The summed E-state index contributed by atoms with van der Waals surface area (Å²) in [6.45, 7) is 0. The molecule has 1 heterocycles. The summed E-state index contributed by atoms with van der Waals surface area (Å²) in [6, 6.07) is 5.11. The van der Waals surface area contributed by atoms with E-state index in [4.69, 9.17) is 5.73 Å². The Hall–Kier alpha value is -1.84. The van der Waals surface area contributed by atoms with Crippen molar-refractivity contribution in [1.82, 2.24) is 9.97 Å². The summed E-state index contributed by atoms with van der Waals surface area (Å²) >= 11 is 0. The third-order valence-corrected chi connectivity index (χ3v) is 1.61. The van der Waals surface area contributed by atoms with Gasteiger partial charge in [-0.2, -0.15) is 0 Å². The number of para-hydroxylation sites is 1. The van der Waals surface area contributed by atoms with E-state index in [-0.39, 0.29) is 11.7 Å². The highest BCUT2D eigenvalue weighted by Gasteiger charge is 2.00. The van der Waals surface area contributed by atoms with Gasteiger partial charge >= 0.3 is 0 Å². The smallest absolute Gasteiger partial charge is 0.220 e. The summed E-state index contributed by atoms with van der Waals surface area (Å²) in [4.78, 5) is 7.70. The van der Waals surface area contributed by atoms with Gasteiger partial charge in [0.2, 0.25) is 5.95 Å². The van der Waals surface area contributed by atoms with Gasteiger partial charge < -0.3 is 10.8 Å². The monoisotopic (exact) mass is 161 g/mol. The molecule has 0 radical (unpaired) electrons. The number of rotatable bonds is 0. The van der Waals surface area contributed by atoms with Crippen LogP contribution in [-0.4, -0.2) is 15.1 Å². The van der Waals surface area contributed by atoms with Crippen molar-refractivity contribution in [3.8, 4) is 5.75 Å². The highest BCUT2D eigenvalue weighted by molar-refractivity contribution is 5.83. The third kappa shape index (κ3) is 0.934. The predicted molar refractivity (Wildman–Crippen MR) is 45.6 cm³/mol. The molecule has 4 nitrogen and oxygen atoms in total. The lowest BCUT2D eigenvalue weighted by Crippen LogP contribution is -1.93. The van der Waals surface area contributed by atoms with Crippen LogP contribution in [0.5, 0.6) is 5.75 Å². The third-order valence-electron chi connectivity index (χ3n) is 1.61. The molecular weight excluding hydrogens is 154 g/mol. The van der Waals surface area contributed by atoms with Gasteiger partial charge in [-0.15, -0.1) is 0 Å². The van der Waals surface area contributed by atoms with E-state index in [1.807, 2.05) is 6.07 Å². The van der Waals surface area contributed by atoms with Crippen LogP contribution < -0.4 is 5.73 Å². The maximum Gasteiger partial charge on any atom is 0.220 e. The van der Waals surface area contributed by atoms with Crippen molar-refractivity contribution in [2.45, 2.75) is 0 Å². The second kappa shape index (κ2) is 2.34. The molecule has 0 saturated carbocycles. The van der Waals surface area contributed by atoms with Gasteiger partial charge in [-0.1, -0.05) is 12.1 Å². The highest BCUT2D eigenvalue weighted by Crippen LogP contribution is 2.21. The molecule has 4 heteroatoms. The summed E-state index contributed by atoms with van der Waals surface area (Å²) in [7, 11) is 0. The number of anilines is 1. The average molecular weight is 161 g/mol. The first kappa shape index (κ1) is 6.84. The van der Waals surface area contributed by atoms with E-state index in [0.29, 0.717) is 5.52 Å².